The van der Waals surface area contributed by atoms with Crippen LogP contribution in [0, 0.1) is 0 Å². The van der Waals surface area contributed by atoms with Crippen molar-refractivity contribution in [3.8, 4) is 0 Å². The van der Waals surface area contributed by atoms with Crippen molar-refractivity contribution in [3.05, 3.63) is 76.2 Å². The van der Waals surface area contributed by atoms with Gasteiger partial charge < -0.3 is 24.2 Å². The van der Waals surface area contributed by atoms with Crippen LogP contribution >= 0.6 is 11.6 Å². The lowest BCUT2D eigenvalue weighted by atomic mass is 9.94. The minimum absolute atomic E-state index is 0.0153. The minimum Gasteiger partial charge on any atom is -0.503 e. The second-order valence-electron chi connectivity index (χ2n) is 8.57. The van der Waals surface area contributed by atoms with E-state index < -0.39 is 23.5 Å². The van der Waals surface area contributed by atoms with Gasteiger partial charge in [0.05, 0.1) is 11.6 Å². The van der Waals surface area contributed by atoms with E-state index in [4.69, 9.17) is 16.0 Å². The first-order valence-electron chi connectivity index (χ1n) is 10.6. The predicted octanol–water partition coefficient (Wildman–Crippen LogP) is 4.29. The van der Waals surface area contributed by atoms with E-state index >= 15 is 0 Å². The van der Waals surface area contributed by atoms with Gasteiger partial charge in [0, 0.05) is 43.3 Å². The highest BCUT2D eigenvalue weighted by atomic mass is 35.5. The molecule has 172 valence electrons. The van der Waals surface area contributed by atoms with Crippen molar-refractivity contribution in [2.24, 2.45) is 0 Å². The van der Waals surface area contributed by atoms with Gasteiger partial charge in [-0.15, -0.1) is 0 Å². The number of Topliss-reactive ketones (excluding diaryl/α,β-unsaturated/α-hetero) is 1. The molecule has 0 aliphatic carbocycles. The summed E-state index contributed by atoms with van der Waals surface area (Å²) in [5.41, 5.74) is 2.24. The van der Waals surface area contributed by atoms with Crippen molar-refractivity contribution in [1.29, 1.82) is 0 Å². The van der Waals surface area contributed by atoms with Gasteiger partial charge in [0.1, 0.15) is 5.58 Å². The van der Waals surface area contributed by atoms with Crippen molar-refractivity contribution in [2.45, 2.75) is 6.04 Å². The number of carbonyl (C=O) groups excluding carboxylic acids is 2. The van der Waals surface area contributed by atoms with Crippen LogP contribution in [0.25, 0.3) is 11.0 Å². The third-order valence-electron chi connectivity index (χ3n) is 5.76. The van der Waals surface area contributed by atoms with Crippen LogP contribution in [-0.2, 0) is 4.79 Å². The molecule has 2 aromatic carbocycles. The molecule has 0 saturated heterocycles. The van der Waals surface area contributed by atoms with Gasteiger partial charge in [0.25, 0.3) is 5.91 Å². The summed E-state index contributed by atoms with van der Waals surface area (Å²) >= 11 is 6.06. The number of amides is 1. The molecule has 0 fully saturated rings. The summed E-state index contributed by atoms with van der Waals surface area (Å²) in [7, 11) is 7.68. The molecule has 2 heterocycles. The van der Waals surface area contributed by atoms with Gasteiger partial charge in [-0.1, -0.05) is 23.7 Å². The highest BCUT2D eigenvalue weighted by Gasteiger charge is 2.44. The van der Waals surface area contributed by atoms with Crippen LogP contribution in [0.2, 0.25) is 5.02 Å². The molecule has 1 aromatic heterocycles. The largest absolute Gasteiger partial charge is 0.503 e. The van der Waals surface area contributed by atoms with Crippen LogP contribution in [0.5, 0.6) is 0 Å². The van der Waals surface area contributed by atoms with Crippen LogP contribution < -0.4 is 4.90 Å². The molecule has 1 N–H and O–H groups in total. The average Bonchev–Trinajstić information content (AvgIpc) is 3.30. The van der Waals surface area contributed by atoms with Crippen molar-refractivity contribution < 1.29 is 19.1 Å². The normalized spacial score (nSPS) is 16.4. The Morgan fingerprint density at radius 3 is 2.42 bits per heavy atom. The van der Waals surface area contributed by atoms with Crippen LogP contribution in [0.4, 0.5) is 5.69 Å². The Balaban J connectivity index is 1.78. The molecule has 0 bridgehead atoms. The smallest absolute Gasteiger partial charge is 0.290 e. The Kier molecular flexibility index (Phi) is 6.19. The zero-order valence-electron chi connectivity index (χ0n) is 19.0. The maximum Gasteiger partial charge on any atom is 0.290 e. The first-order chi connectivity index (χ1) is 15.7. The summed E-state index contributed by atoms with van der Waals surface area (Å²) in [5.74, 6) is -1.59. The number of rotatable bonds is 7. The van der Waals surface area contributed by atoms with Gasteiger partial charge >= 0.3 is 0 Å². The van der Waals surface area contributed by atoms with Gasteiger partial charge in [-0.25, -0.2) is 0 Å². The number of carbonyl (C=O) groups is 2. The summed E-state index contributed by atoms with van der Waals surface area (Å²) < 4.78 is 5.75. The molecule has 0 radical (unpaired) electrons. The number of fused-ring (bicyclic) bond motifs is 1. The third kappa shape index (κ3) is 4.34. The number of aliphatic hydroxyl groups is 1. The van der Waals surface area contributed by atoms with E-state index in [1.165, 1.54) is 4.90 Å². The molecule has 33 heavy (non-hydrogen) atoms. The van der Waals surface area contributed by atoms with Gasteiger partial charge in [-0.2, -0.15) is 0 Å². The second-order valence-corrected chi connectivity index (χ2v) is 9.01. The third-order valence-corrected chi connectivity index (χ3v) is 6.00. The van der Waals surface area contributed by atoms with E-state index in [-0.39, 0.29) is 11.3 Å². The number of ketones is 1. The number of hydrogen-bond donors (Lipinski definition) is 1. The number of anilines is 1. The summed E-state index contributed by atoms with van der Waals surface area (Å²) in [6.45, 7) is 0.929. The molecule has 8 heteroatoms. The summed E-state index contributed by atoms with van der Waals surface area (Å²) in [5, 5.41) is 12.0. The van der Waals surface area contributed by atoms with Crippen LogP contribution in [0.1, 0.15) is 22.2 Å². The standard InChI is InChI=1S/C25H26ClN3O4/c1-27(2)11-12-29-22(15-5-8-18(9-6-15)28(3)4)21(24(31)25(29)32)23(30)20-14-16-13-17(26)7-10-19(16)33-20/h5-10,13-14,22,31H,11-12H2,1-4H3. The van der Waals surface area contributed by atoms with Gasteiger partial charge in [0.2, 0.25) is 5.78 Å². The predicted molar refractivity (Wildman–Crippen MR) is 129 cm³/mol. The Hall–Kier alpha value is -3.29. The van der Waals surface area contributed by atoms with Gasteiger partial charge in [-0.3, -0.25) is 9.59 Å². The summed E-state index contributed by atoms with van der Waals surface area (Å²) in [6.07, 6.45) is 0. The van der Waals surface area contributed by atoms with E-state index in [2.05, 4.69) is 0 Å². The van der Waals surface area contributed by atoms with Crippen molar-refractivity contribution in [3.63, 3.8) is 0 Å². The molecule has 1 aliphatic rings. The van der Waals surface area contributed by atoms with E-state index in [0.717, 1.165) is 11.3 Å². The van der Waals surface area contributed by atoms with Crippen LogP contribution in [0.15, 0.2) is 64.3 Å². The fourth-order valence-corrected chi connectivity index (χ4v) is 4.16. The van der Waals surface area contributed by atoms with Crippen molar-refractivity contribution in [1.82, 2.24) is 9.80 Å². The lowest BCUT2D eigenvalue weighted by molar-refractivity contribution is -0.129. The lowest BCUT2D eigenvalue weighted by Crippen LogP contribution is -2.36. The first-order valence-corrected chi connectivity index (χ1v) is 10.9. The fraction of sp³-hybridized carbons (Fsp3) is 0.280. The molecule has 4 rings (SSSR count). The molecule has 0 spiro atoms. The molecular weight excluding hydrogens is 442 g/mol. The number of nitrogens with zero attached hydrogens (tertiary/aromatic N) is 3. The van der Waals surface area contributed by atoms with E-state index in [1.807, 2.05) is 62.3 Å². The van der Waals surface area contributed by atoms with Crippen molar-refractivity contribution in [2.75, 3.05) is 46.2 Å². The zero-order chi connectivity index (χ0) is 23.9. The van der Waals surface area contributed by atoms with Crippen molar-refractivity contribution >= 4 is 39.9 Å². The second kappa shape index (κ2) is 8.92. The Bertz CT molecular complexity index is 1240. The zero-order valence-corrected chi connectivity index (χ0v) is 19.8. The number of halogens is 1. The van der Waals surface area contributed by atoms with E-state index in [1.54, 1.807) is 24.3 Å². The maximum absolute atomic E-state index is 13.6. The number of furan rings is 1. The molecule has 1 atom stereocenters. The van der Waals surface area contributed by atoms with Crippen LogP contribution in [0.3, 0.4) is 0 Å². The SMILES string of the molecule is CN(C)CCN1C(=O)C(O)=C(C(=O)c2cc3cc(Cl)ccc3o2)C1c1ccc(N(C)C)cc1. The monoisotopic (exact) mass is 467 g/mol. The van der Waals surface area contributed by atoms with Gasteiger partial charge in [-0.05, 0) is 56.1 Å². The number of hydrogen-bond acceptors (Lipinski definition) is 6. The molecule has 7 nitrogen and oxygen atoms in total. The average molecular weight is 468 g/mol. The number of benzene rings is 2. The molecule has 1 aliphatic heterocycles. The fourth-order valence-electron chi connectivity index (χ4n) is 3.98. The van der Waals surface area contributed by atoms with Gasteiger partial charge in [0.15, 0.2) is 11.5 Å². The quantitative estimate of drug-likeness (QED) is 0.522. The highest BCUT2D eigenvalue weighted by molar-refractivity contribution is 6.31. The Morgan fingerprint density at radius 1 is 1.09 bits per heavy atom. The van der Waals surface area contributed by atoms with Crippen LogP contribution in [-0.4, -0.2) is 67.9 Å². The van der Waals surface area contributed by atoms with E-state index in [9.17, 15) is 14.7 Å². The Labute approximate surface area is 197 Å². The number of likely N-dealkylation sites (N-methyl/N-ethyl adjacent to an activating group) is 1. The number of aliphatic hydroxyl groups excluding tert-OH is 1. The summed E-state index contributed by atoms with van der Waals surface area (Å²) in [4.78, 5) is 32.0. The molecule has 1 unspecified atom stereocenters. The molecule has 3 aromatic rings. The maximum atomic E-state index is 13.6. The highest BCUT2D eigenvalue weighted by Crippen LogP contribution is 2.40. The first kappa shape index (κ1) is 22.9. The summed E-state index contributed by atoms with van der Waals surface area (Å²) in [6, 6.07) is 13.5. The molecule has 1 amide bonds. The topological polar surface area (TPSA) is 77.2 Å². The van der Waals surface area contributed by atoms with E-state index in [0.29, 0.717) is 29.1 Å². The molecule has 0 saturated carbocycles. The Morgan fingerprint density at radius 2 is 1.79 bits per heavy atom. The lowest BCUT2D eigenvalue weighted by Gasteiger charge is -2.28. The molecular formula is C25H26ClN3O4. The minimum atomic E-state index is -0.724.